The quantitative estimate of drug-likeness (QED) is 0.618. The fourth-order valence-electron chi connectivity index (χ4n) is 2.29. The Kier molecular flexibility index (Phi) is 6.40. The van der Waals surface area contributed by atoms with Crippen molar-refractivity contribution in [1.29, 1.82) is 0 Å². The van der Waals surface area contributed by atoms with Crippen LogP contribution in [0.4, 0.5) is 0 Å². The molecule has 104 valence electrons. The first-order valence-electron chi connectivity index (χ1n) is 7.17. The summed E-state index contributed by atoms with van der Waals surface area (Å²) in [4.78, 5) is 0. The molecule has 2 nitrogen and oxygen atoms in total. The van der Waals surface area contributed by atoms with Gasteiger partial charge in [0.15, 0.2) is 0 Å². The number of nitrogens with zero attached hydrogens (tertiary/aromatic N) is 2. The van der Waals surface area contributed by atoms with Gasteiger partial charge in [0.1, 0.15) is 0 Å². The second-order valence-electron chi connectivity index (χ2n) is 5.65. The van der Waals surface area contributed by atoms with Gasteiger partial charge in [-0.1, -0.05) is 42.6 Å². The molecule has 0 N–H and O–H groups in total. The summed E-state index contributed by atoms with van der Waals surface area (Å²) in [6.45, 7) is 8.91. The number of aromatic nitrogens is 2. The van der Waals surface area contributed by atoms with E-state index >= 15 is 0 Å². The lowest BCUT2D eigenvalue weighted by molar-refractivity contribution is 0.280. The van der Waals surface area contributed by atoms with Crippen LogP contribution in [0.5, 0.6) is 0 Å². The molecule has 0 saturated carbocycles. The lowest BCUT2D eigenvalue weighted by Crippen LogP contribution is -2.25. The zero-order valence-electron chi connectivity index (χ0n) is 12.2. The summed E-state index contributed by atoms with van der Waals surface area (Å²) >= 11 is 3.72. The minimum absolute atomic E-state index is 0.381. The molecule has 0 aromatic carbocycles. The van der Waals surface area contributed by atoms with E-state index in [0.717, 1.165) is 11.8 Å². The van der Waals surface area contributed by atoms with E-state index in [0.29, 0.717) is 11.5 Å². The predicted molar refractivity (Wildman–Crippen MR) is 82.4 cm³/mol. The first-order chi connectivity index (χ1) is 8.56. The molecule has 0 aliphatic heterocycles. The van der Waals surface area contributed by atoms with Crippen LogP contribution < -0.4 is 0 Å². The molecule has 1 unspecified atom stereocenters. The van der Waals surface area contributed by atoms with Crippen LogP contribution in [0, 0.1) is 5.41 Å². The molecule has 18 heavy (non-hydrogen) atoms. The fraction of sp³-hybridized carbons (Fsp3) is 0.800. The van der Waals surface area contributed by atoms with Crippen LogP contribution in [-0.2, 0) is 6.42 Å². The molecular formula is C15H27BrN2. The third-order valence-corrected chi connectivity index (χ3v) is 5.03. The fourth-order valence-corrected chi connectivity index (χ4v) is 3.17. The maximum atomic E-state index is 4.69. The monoisotopic (exact) mass is 314 g/mol. The van der Waals surface area contributed by atoms with Gasteiger partial charge in [-0.3, -0.25) is 4.68 Å². The van der Waals surface area contributed by atoms with E-state index in [1.54, 1.807) is 0 Å². The van der Waals surface area contributed by atoms with Crippen molar-refractivity contribution >= 4 is 15.9 Å². The van der Waals surface area contributed by atoms with Gasteiger partial charge in [0, 0.05) is 17.6 Å². The predicted octanol–water partition coefficient (Wildman–Crippen LogP) is 4.99. The minimum atomic E-state index is 0.381. The summed E-state index contributed by atoms with van der Waals surface area (Å²) in [7, 11) is 0. The van der Waals surface area contributed by atoms with Crippen molar-refractivity contribution < 1.29 is 0 Å². The molecular weight excluding hydrogens is 288 g/mol. The number of hydrogen-bond donors (Lipinski definition) is 0. The first kappa shape index (κ1) is 15.7. The summed E-state index contributed by atoms with van der Waals surface area (Å²) < 4.78 is 2.06. The molecule has 0 aliphatic carbocycles. The zero-order chi connectivity index (χ0) is 13.6. The number of hydrogen-bond acceptors (Lipinski definition) is 1. The largest absolute Gasteiger partial charge is 0.270 e. The van der Waals surface area contributed by atoms with Crippen molar-refractivity contribution in [2.45, 2.75) is 65.8 Å². The number of rotatable bonds is 8. The van der Waals surface area contributed by atoms with E-state index in [2.05, 4.69) is 60.6 Å². The van der Waals surface area contributed by atoms with Crippen LogP contribution in [0.25, 0.3) is 0 Å². The van der Waals surface area contributed by atoms with Crippen molar-refractivity contribution in [2.75, 3.05) is 5.33 Å². The summed E-state index contributed by atoms with van der Waals surface area (Å²) in [5.74, 6) is 0. The Bertz CT molecular complexity index is 340. The van der Waals surface area contributed by atoms with Gasteiger partial charge in [-0.25, -0.2) is 0 Å². The van der Waals surface area contributed by atoms with Crippen LogP contribution in [0.15, 0.2) is 12.3 Å². The van der Waals surface area contributed by atoms with E-state index in [9.17, 15) is 0 Å². The molecule has 0 amide bonds. The van der Waals surface area contributed by atoms with Crippen molar-refractivity contribution in [3.8, 4) is 0 Å². The van der Waals surface area contributed by atoms with Gasteiger partial charge in [0.25, 0.3) is 0 Å². The van der Waals surface area contributed by atoms with E-state index in [4.69, 9.17) is 5.10 Å². The number of alkyl halides is 1. The van der Waals surface area contributed by atoms with Gasteiger partial charge in [0.2, 0.25) is 0 Å². The van der Waals surface area contributed by atoms with E-state index in [-0.39, 0.29) is 0 Å². The van der Waals surface area contributed by atoms with E-state index < -0.39 is 0 Å². The molecule has 1 aromatic rings. The smallest absolute Gasteiger partial charge is 0.0630 e. The molecule has 1 atom stereocenters. The highest BCUT2D eigenvalue weighted by Crippen LogP contribution is 2.34. The second kappa shape index (κ2) is 7.32. The number of halogens is 1. The highest BCUT2D eigenvalue weighted by atomic mass is 79.9. The van der Waals surface area contributed by atoms with Crippen LogP contribution in [0.2, 0.25) is 0 Å². The SMILES string of the molecule is CCCCC(CC)(CBr)Cc1ccn(C(C)C)n1. The Morgan fingerprint density at radius 3 is 2.56 bits per heavy atom. The molecule has 0 spiro atoms. The highest BCUT2D eigenvalue weighted by Gasteiger charge is 2.27. The topological polar surface area (TPSA) is 17.8 Å². The summed E-state index contributed by atoms with van der Waals surface area (Å²) in [5.41, 5.74) is 1.62. The number of unbranched alkanes of at least 4 members (excludes halogenated alkanes) is 1. The minimum Gasteiger partial charge on any atom is -0.270 e. The second-order valence-corrected chi connectivity index (χ2v) is 6.21. The van der Waals surface area contributed by atoms with Gasteiger partial charge >= 0.3 is 0 Å². The maximum Gasteiger partial charge on any atom is 0.0630 e. The van der Waals surface area contributed by atoms with Crippen molar-refractivity contribution in [1.82, 2.24) is 9.78 Å². The molecule has 1 heterocycles. The van der Waals surface area contributed by atoms with Crippen molar-refractivity contribution in [2.24, 2.45) is 5.41 Å². The molecule has 0 radical (unpaired) electrons. The first-order valence-corrected chi connectivity index (χ1v) is 8.29. The van der Waals surface area contributed by atoms with Crippen LogP contribution >= 0.6 is 15.9 Å². The van der Waals surface area contributed by atoms with Gasteiger partial charge in [0.05, 0.1) is 5.69 Å². The summed E-state index contributed by atoms with van der Waals surface area (Å²) in [6, 6.07) is 2.63. The lowest BCUT2D eigenvalue weighted by atomic mass is 9.78. The van der Waals surface area contributed by atoms with Crippen molar-refractivity contribution in [3.63, 3.8) is 0 Å². The molecule has 1 aromatic heterocycles. The Labute approximate surface area is 120 Å². The third-order valence-electron chi connectivity index (χ3n) is 3.84. The lowest BCUT2D eigenvalue weighted by Gasteiger charge is -2.30. The van der Waals surface area contributed by atoms with Crippen LogP contribution in [0.1, 0.15) is 65.1 Å². The molecule has 0 fully saturated rings. The summed E-state index contributed by atoms with van der Waals surface area (Å²) in [5, 5.41) is 5.77. The maximum absolute atomic E-state index is 4.69. The van der Waals surface area contributed by atoms with Gasteiger partial charge in [-0.2, -0.15) is 5.10 Å². The standard InChI is InChI=1S/C15H27BrN2/c1-5-7-9-15(6-2,12-16)11-14-8-10-18(17-14)13(3)4/h8,10,13H,5-7,9,11-12H2,1-4H3. The Balaban J connectivity index is 2.75. The third kappa shape index (κ3) is 4.11. The van der Waals surface area contributed by atoms with E-state index in [1.165, 1.54) is 31.4 Å². The van der Waals surface area contributed by atoms with Crippen LogP contribution in [0.3, 0.4) is 0 Å². The van der Waals surface area contributed by atoms with Crippen molar-refractivity contribution in [3.05, 3.63) is 18.0 Å². The molecule has 0 bridgehead atoms. The van der Waals surface area contributed by atoms with Gasteiger partial charge in [-0.05, 0) is 44.6 Å². The molecule has 1 rings (SSSR count). The Morgan fingerprint density at radius 1 is 1.39 bits per heavy atom. The van der Waals surface area contributed by atoms with Crippen LogP contribution in [-0.4, -0.2) is 15.1 Å². The average molecular weight is 315 g/mol. The zero-order valence-corrected chi connectivity index (χ0v) is 13.8. The van der Waals surface area contributed by atoms with Gasteiger partial charge < -0.3 is 0 Å². The summed E-state index contributed by atoms with van der Waals surface area (Å²) in [6.07, 6.45) is 8.29. The molecule has 0 saturated heterocycles. The Hall–Kier alpha value is -0.310. The van der Waals surface area contributed by atoms with E-state index in [1.807, 2.05) is 0 Å². The molecule has 3 heteroatoms. The van der Waals surface area contributed by atoms with Gasteiger partial charge in [-0.15, -0.1) is 0 Å². The highest BCUT2D eigenvalue weighted by molar-refractivity contribution is 9.09. The Morgan fingerprint density at radius 2 is 2.11 bits per heavy atom. The normalized spacial score (nSPS) is 15.0. The molecule has 0 aliphatic rings. The average Bonchev–Trinajstić information content (AvgIpc) is 2.83.